The molecule has 1 fully saturated rings. The number of rotatable bonds is 4. The Labute approximate surface area is 124 Å². The van der Waals surface area contributed by atoms with Crippen LogP contribution in [-0.4, -0.2) is 16.7 Å². The highest BCUT2D eigenvalue weighted by atomic mass is 35.5. The molecule has 4 heteroatoms. The van der Waals surface area contributed by atoms with Gasteiger partial charge in [0.25, 0.3) is 0 Å². The third-order valence-electron chi connectivity index (χ3n) is 4.61. The molecule has 2 atom stereocenters. The van der Waals surface area contributed by atoms with Crippen molar-refractivity contribution in [3.63, 3.8) is 0 Å². The summed E-state index contributed by atoms with van der Waals surface area (Å²) in [4.78, 5) is 4.65. The van der Waals surface area contributed by atoms with E-state index in [1.54, 1.807) is 7.11 Å². The van der Waals surface area contributed by atoms with Crippen molar-refractivity contribution in [2.75, 3.05) is 7.11 Å². The first-order chi connectivity index (χ1) is 9.72. The average Bonchev–Trinajstić information content (AvgIpc) is 3.03. The molecule has 0 saturated heterocycles. The zero-order chi connectivity index (χ0) is 14.1. The van der Waals surface area contributed by atoms with Crippen molar-refractivity contribution in [3.8, 4) is 5.75 Å². The van der Waals surface area contributed by atoms with Crippen molar-refractivity contribution in [1.82, 2.24) is 9.55 Å². The number of aromatic nitrogens is 2. The lowest BCUT2D eigenvalue weighted by Crippen LogP contribution is -2.14. The molecule has 3 rings (SSSR count). The molecule has 0 bridgehead atoms. The first kappa shape index (κ1) is 13.7. The van der Waals surface area contributed by atoms with Crippen molar-refractivity contribution >= 4 is 22.6 Å². The van der Waals surface area contributed by atoms with Crippen LogP contribution in [0.5, 0.6) is 5.75 Å². The third-order valence-corrected chi connectivity index (χ3v) is 4.85. The average molecular weight is 293 g/mol. The van der Waals surface area contributed by atoms with Crippen LogP contribution in [0.25, 0.3) is 11.0 Å². The van der Waals surface area contributed by atoms with Gasteiger partial charge in [-0.3, -0.25) is 0 Å². The van der Waals surface area contributed by atoms with E-state index in [1.165, 1.54) is 19.3 Å². The van der Waals surface area contributed by atoms with Crippen LogP contribution in [0, 0.1) is 11.8 Å². The van der Waals surface area contributed by atoms with Crippen molar-refractivity contribution in [2.24, 2.45) is 11.8 Å². The second-order valence-corrected chi connectivity index (χ2v) is 6.06. The number of imidazole rings is 1. The summed E-state index contributed by atoms with van der Waals surface area (Å²) in [7, 11) is 1.70. The third kappa shape index (κ3) is 2.39. The van der Waals surface area contributed by atoms with Gasteiger partial charge in [0.2, 0.25) is 0 Å². The molecule has 1 aromatic heterocycles. The lowest BCUT2D eigenvalue weighted by Gasteiger charge is -2.18. The Morgan fingerprint density at radius 1 is 1.40 bits per heavy atom. The topological polar surface area (TPSA) is 27.1 Å². The van der Waals surface area contributed by atoms with Crippen LogP contribution in [-0.2, 0) is 12.4 Å². The number of halogens is 1. The van der Waals surface area contributed by atoms with Gasteiger partial charge in [-0.25, -0.2) is 4.98 Å². The van der Waals surface area contributed by atoms with E-state index in [0.717, 1.165) is 41.0 Å². The van der Waals surface area contributed by atoms with Crippen LogP contribution < -0.4 is 4.74 Å². The van der Waals surface area contributed by atoms with E-state index in [1.807, 2.05) is 12.1 Å². The smallest absolute Gasteiger partial charge is 0.124 e. The van der Waals surface area contributed by atoms with Gasteiger partial charge in [-0.1, -0.05) is 19.8 Å². The number of nitrogens with zero attached hydrogens (tertiary/aromatic N) is 2. The van der Waals surface area contributed by atoms with Gasteiger partial charge in [-0.15, -0.1) is 11.6 Å². The van der Waals surface area contributed by atoms with E-state index in [9.17, 15) is 0 Å². The summed E-state index contributed by atoms with van der Waals surface area (Å²) < 4.78 is 7.63. The zero-order valence-electron chi connectivity index (χ0n) is 12.1. The largest absolute Gasteiger partial charge is 0.497 e. The Morgan fingerprint density at radius 3 is 2.90 bits per heavy atom. The van der Waals surface area contributed by atoms with Crippen LogP contribution >= 0.6 is 11.6 Å². The molecule has 0 amide bonds. The molecule has 2 aromatic rings. The molecule has 108 valence electrons. The quantitative estimate of drug-likeness (QED) is 0.789. The van der Waals surface area contributed by atoms with E-state index in [4.69, 9.17) is 16.3 Å². The van der Waals surface area contributed by atoms with Crippen molar-refractivity contribution in [3.05, 3.63) is 24.0 Å². The number of alkyl halides is 1. The lowest BCUT2D eigenvalue weighted by molar-refractivity contribution is 0.364. The molecule has 0 aliphatic heterocycles. The predicted octanol–water partition coefficient (Wildman–Crippen LogP) is 4.22. The summed E-state index contributed by atoms with van der Waals surface area (Å²) in [6, 6.07) is 6.03. The zero-order valence-corrected chi connectivity index (χ0v) is 12.9. The van der Waals surface area contributed by atoms with E-state index in [-0.39, 0.29) is 0 Å². The Bertz CT molecular complexity index is 608. The number of ether oxygens (including phenoxy) is 1. The molecule has 1 heterocycles. The molecule has 1 aliphatic rings. The molecule has 1 saturated carbocycles. The molecular formula is C16H21ClN2O. The minimum Gasteiger partial charge on any atom is -0.497 e. The summed E-state index contributed by atoms with van der Waals surface area (Å²) in [5, 5.41) is 0. The minimum absolute atomic E-state index is 0.456. The Hall–Kier alpha value is -1.22. The van der Waals surface area contributed by atoms with Crippen molar-refractivity contribution < 1.29 is 4.74 Å². The van der Waals surface area contributed by atoms with Gasteiger partial charge in [0, 0.05) is 12.6 Å². The van der Waals surface area contributed by atoms with Crippen LogP contribution in [0.3, 0.4) is 0 Å². The fourth-order valence-electron chi connectivity index (χ4n) is 3.31. The predicted molar refractivity (Wildman–Crippen MR) is 82.3 cm³/mol. The molecule has 1 aromatic carbocycles. The van der Waals surface area contributed by atoms with Gasteiger partial charge in [-0.05, 0) is 30.4 Å². The van der Waals surface area contributed by atoms with E-state index in [2.05, 4.69) is 22.5 Å². The molecule has 0 spiro atoms. The lowest BCUT2D eigenvalue weighted by atomic mass is 9.98. The number of hydrogen-bond acceptors (Lipinski definition) is 2. The van der Waals surface area contributed by atoms with Gasteiger partial charge < -0.3 is 9.30 Å². The highest BCUT2D eigenvalue weighted by Crippen LogP contribution is 2.34. The molecule has 3 nitrogen and oxygen atoms in total. The monoisotopic (exact) mass is 292 g/mol. The van der Waals surface area contributed by atoms with Crippen molar-refractivity contribution in [1.29, 1.82) is 0 Å². The minimum atomic E-state index is 0.456. The number of benzene rings is 1. The summed E-state index contributed by atoms with van der Waals surface area (Å²) in [5.41, 5.74) is 2.14. The van der Waals surface area contributed by atoms with Gasteiger partial charge in [0.1, 0.15) is 11.6 Å². The maximum Gasteiger partial charge on any atom is 0.124 e. The molecule has 20 heavy (non-hydrogen) atoms. The van der Waals surface area contributed by atoms with Crippen molar-refractivity contribution in [2.45, 2.75) is 38.6 Å². The Balaban J connectivity index is 2.01. The number of hydrogen-bond donors (Lipinski definition) is 0. The van der Waals surface area contributed by atoms with Crippen LogP contribution in [0.2, 0.25) is 0 Å². The normalized spacial score (nSPS) is 22.6. The number of fused-ring (bicyclic) bond motifs is 1. The second-order valence-electron chi connectivity index (χ2n) is 5.80. The Morgan fingerprint density at radius 2 is 2.25 bits per heavy atom. The number of methoxy groups -OCH3 is 1. The summed E-state index contributed by atoms with van der Waals surface area (Å²) in [6.07, 6.45) is 4.00. The summed E-state index contributed by atoms with van der Waals surface area (Å²) in [5.74, 6) is 3.83. The molecule has 0 radical (unpaired) electrons. The van der Waals surface area contributed by atoms with Crippen LogP contribution in [0.4, 0.5) is 0 Å². The fourth-order valence-corrected chi connectivity index (χ4v) is 3.52. The Kier molecular flexibility index (Phi) is 3.88. The molecule has 0 N–H and O–H groups in total. The maximum atomic E-state index is 6.08. The summed E-state index contributed by atoms with van der Waals surface area (Å²) >= 11 is 6.08. The van der Waals surface area contributed by atoms with Gasteiger partial charge in [-0.2, -0.15) is 0 Å². The molecular weight excluding hydrogens is 272 g/mol. The van der Waals surface area contributed by atoms with Gasteiger partial charge in [0.05, 0.1) is 24.0 Å². The molecule has 2 unspecified atom stereocenters. The molecule has 1 aliphatic carbocycles. The SMILES string of the molecule is COc1ccc2nc(CCl)n(CC3CCCC3C)c2c1. The van der Waals surface area contributed by atoms with Gasteiger partial charge >= 0.3 is 0 Å². The first-order valence-corrected chi connectivity index (χ1v) is 7.85. The van der Waals surface area contributed by atoms with E-state index >= 15 is 0 Å². The van der Waals surface area contributed by atoms with Gasteiger partial charge in [0.15, 0.2) is 0 Å². The van der Waals surface area contributed by atoms with E-state index in [0.29, 0.717) is 5.88 Å². The fraction of sp³-hybridized carbons (Fsp3) is 0.562. The summed E-state index contributed by atoms with van der Waals surface area (Å²) in [6.45, 7) is 3.38. The first-order valence-electron chi connectivity index (χ1n) is 7.32. The highest BCUT2D eigenvalue weighted by molar-refractivity contribution is 6.16. The standard InChI is InChI=1S/C16H21ClN2O/c1-11-4-3-5-12(11)10-19-15-8-13(20-2)6-7-14(15)18-16(19)9-17/h6-8,11-12H,3-5,9-10H2,1-2H3. The second kappa shape index (κ2) is 5.65. The highest BCUT2D eigenvalue weighted by Gasteiger charge is 2.25. The van der Waals surface area contributed by atoms with E-state index < -0.39 is 0 Å². The van der Waals surface area contributed by atoms with Crippen LogP contribution in [0.15, 0.2) is 18.2 Å². The van der Waals surface area contributed by atoms with Crippen LogP contribution in [0.1, 0.15) is 32.0 Å². The maximum absolute atomic E-state index is 6.08.